The summed E-state index contributed by atoms with van der Waals surface area (Å²) in [5.74, 6) is 0.479. The largest absolute Gasteiger partial charge is 0.434 e. The van der Waals surface area contributed by atoms with E-state index in [1.54, 1.807) is 0 Å². The van der Waals surface area contributed by atoms with E-state index in [4.69, 9.17) is 41.0 Å². The number of nitrogens with zero attached hydrogens (tertiary/aromatic N) is 4. The second kappa shape index (κ2) is 13.3. The van der Waals surface area contributed by atoms with E-state index < -0.39 is 30.0 Å². The lowest BCUT2D eigenvalue weighted by Gasteiger charge is -2.16. The van der Waals surface area contributed by atoms with Crippen LogP contribution in [-0.2, 0) is 20.2 Å². The van der Waals surface area contributed by atoms with Crippen molar-refractivity contribution in [2.75, 3.05) is 0 Å². The highest BCUT2D eigenvalue weighted by Crippen LogP contribution is 2.48. The summed E-state index contributed by atoms with van der Waals surface area (Å²) >= 11 is 12.1. The quantitative estimate of drug-likeness (QED) is 0.113. The molecule has 2 heterocycles. The highest BCUT2D eigenvalue weighted by molar-refractivity contribution is 7.88. The fourth-order valence-electron chi connectivity index (χ4n) is 5.32. The van der Waals surface area contributed by atoms with Crippen LogP contribution in [0.25, 0.3) is 0 Å². The average molecular weight is 756 g/mol. The summed E-state index contributed by atoms with van der Waals surface area (Å²) in [5.41, 5.74) is 3.52. The van der Waals surface area contributed by atoms with Gasteiger partial charge in [0.1, 0.15) is 21.3 Å². The number of para-hydroxylation sites is 2. The number of hydrogen-bond donors (Lipinski definition) is 0. The third-order valence-corrected chi connectivity index (χ3v) is 10.9. The van der Waals surface area contributed by atoms with Crippen molar-refractivity contribution in [3.63, 3.8) is 0 Å². The van der Waals surface area contributed by atoms with Crippen LogP contribution in [-0.4, -0.2) is 37.2 Å². The molecule has 50 heavy (non-hydrogen) atoms. The van der Waals surface area contributed by atoms with Crippen molar-refractivity contribution < 1.29 is 34.7 Å². The van der Waals surface area contributed by atoms with Gasteiger partial charge in [0.25, 0.3) is 11.8 Å². The Morgan fingerprint density at radius 1 is 0.580 bits per heavy atom. The van der Waals surface area contributed by atoms with Crippen molar-refractivity contribution in [2.45, 2.75) is 61.2 Å². The number of benzene rings is 3. The van der Waals surface area contributed by atoms with Gasteiger partial charge < -0.3 is 17.8 Å². The lowest BCUT2D eigenvalue weighted by Crippen LogP contribution is -2.14. The minimum absolute atomic E-state index is 0.155. The van der Waals surface area contributed by atoms with Crippen LogP contribution in [0.1, 0.15) is 59.8 Å². The van der Waals surface area contributed by atoms with Crippen molar-refractivity contribution in [2.24, 2.45) is 0 Å². The Balaban J connectivity index is 1.16. The minimum atomic E-state index is -4.69. The van der Waals surface area contributed by atoms with Gasteiger partial charge in [-0.2, -0.15) is 16.8 Å². The first-order chi connectivity index (χ1) is 23.9. The molecular weight excluding hydrogens is 727 g/mol. The number of aromatic nitrogens is 4. The van der Waals surface area contributed by atoms with Crippen LogP contribution in [0.5, 0.6) is 34.8 Å². The molecule has 2 aliphatic carbocycles. The van der Waals surface area contributed by atoms with Gasteiger partial charge in [0, 0.05) is 12.1 Å². The third-order valence-electron chi connectivity index (χ3n) is 8.09. The SMILES string of the molecule is Cc1cccc(C2CC2)c1Oc1nnc(Cl)cc1OS(=O)(=O)c1cccc(S(=O)(=O)Oc2cc(Cl)nnc2Oc2c(C)cccc2C2CC2)c1. The maximum Gasteiger partial charge on any atom is 0.339 e. The maximum atomic E-state index is 13.6. The van der Waals surface area contributed by atoms with Crippen LogP contribution in [0.3, 0.4) is 0 Å². The van der Waals surface area contributed by atoms with Crippen LogP contribution in [0.15, 0.2) is 82.6 Å². The zero-order valence-corrected chi connectivity index (χ0v) is 29.7. The standard InChI is InChI=1S/C34H28Cl2N4O8S2/c1-19-6-3-10-25(21-12-13-21)31(19)45-33-27(17-29(35)37-39-33)47-49(41,42)23-8-5-9-24(16-23)50(43,44)48-28-18-30(36)38-40-34(28)46-32-20(2)7-4-11-26(32)22-14-15-22/h3-11,16-18,21-22H,12-15H2,1-2H3. The van der Waals surface area contributed by atoms with E-state index >= 15 is 0 Å². The molecule has 3 aromatic carbocycles. The molecule has 12 nitrogen and oxygen atoms in total. The van der Waals surface area contributed by atoms with Crippen molar-refractivity contribution in [1.82, 2.24) is 20.4 Å². The monoisotopic (exact) mass is 754 g/mol. The molecule has 2 aromatic heterocycles. The average Bonchev–Trinajstić information content (AvgIpc) is 4.00. The molecule has 0 saturated heterocycles. The van der Waals surface area contributed by atoms with Gasteiger partial charge in [-0.1, -0.05) is 65.7 Å². The number of aryl methyl sites for hydroxylation is 2. The van der Waals surface area contributed by atoms with Gasteiger partial charge in [0.15, 0.2) is 10.3 Å². The molecule has 16 heteroatoms. The second-order valence-electron chi connectivity index (χ2n) is 12.0. The number of rotatable bonds is 12. The molecule has 5 aromatic rings. The molecular formula is C34H28Cl2N4O8S2. The summed E-state index contributed by atoms with van der Waals surface area (Å²) in [6.07, 6.45) is 4.00. The first kappa shape index (κ1) is 34.0. The van der Waals surface area contributed by atoms with Crippen molar-refractivity contribution in [3.05, 3.63) is 105 Å². The molecule has 0 spiro atoms. The molecule has 7 rings (SSSR count). The Morgan fingerprint density at radius 3 is 1.38 bits per heavy atom. The topological polar surface area (TPSA) is 157 Å². The zero-order valence-electron chi connectivity index (χ0n) is 26.5. The summed E-state index contributed by atoms with van der Waals surface area (Å²) < 4.78 is 77.3. The Kier molecular flexibility index (Phi) is 9.05. The molecule has 0 N–H and O–H groups in total. The molecule has 0 unspecified atom stereocenters. The van der Waals surface area contributed by atoms with E-state index in [1.165, 1.54) is 6.07 Å². The van der Waals surface area contributed by atoms with Gasteiger partial charge in [-0.15, -0.1) is 20.4 Å². The Labute approximate surface area is 298 Å². The van der Waals surface area contributed by atoms with Crippen LogP contribution in [0.2, 0.25) is 10.3 Å². The lowest BCUT2D eigenvalue weighted by molar-refractivity contribution is 0.409. The van der Waals surface area contributed by atoms with Crippen LogP contribution >= 0.6 is 23.2 Å². The maximum absolute atomic E-state index is 13.6. The van der Waals surface area contributed by atoms with Gasteiger partial charge >= 0.3 is 20.2 Å². The number of hydrogen-bond acceptors (Lipinski definition) is 12. The molecule has 258 valence electrons. The molecule has 2 fully saturated rings. The summed E-state index contributed by atoms with van der Waals surface area (Å²) in [5, 5.41) is 15.2. The van der Waals surface area contributed by atoms with E-state index in [2.05, 4.69) is 20.4 Å². The molecule has 0 radical (unpaired) electrons. The molecule has 0 amide bonds. The highest BCUT2D eigenvalue weighted by Gasteiger charge is 2.31. The van der Waals surface area contributed by atoms with Crippen LogP contribution < -0.4 is 17.8 Å². The highest BCUT2D eigenvalue weighted by atomic mass is 35.5. The third kappa shape index (κ3) is 7.33. The van der Waals surface area contributed by atoms with Gasteiger partial charge in [0.2, 0.25) is 11.5 Å². The second-order valence-corrected chi connectivity index (χ2v) is 15.8. The summed E-state index contributed by atoms with van der Waals surface area (Å²) in [6.45, 7) is 3.71. The minimum Gasteiger partial charge on any atom is -0.434 e. The van der Waals surface area contributed by atoms with Crippen molar-refractivity contribution >= 4 is 43.4 Å². The first-order valence-electron chi connectivity index (χ1n) is 15.5. The number of halogens is 2. The van der Waals surface area contributed by atoms with Gasteiger partial charge in [-0.05, 0) is 91.8 Å². The molecule has 0 atom stereocenters. The summed E-state index contributed by atoms with van der Waals surface area (Å²) in [4.78, 5) is -1.01. The van der Waals surface area contributed by atoms with E-state index in [1.807, 2.05) is 50.2 Å². The fourth-order valence-corrected chi connectivity index (χ4v) is 7.60. The normalized spacial score (nSPS) is 14.6. The Morgan fingerprint density at radius 2 is 0.980 bits per heavy atom. The molecule has 0 bridgehead atoms. The van der Waals surface area contributed by atoms with Crippen molar-refractivity contribution in [1.29, 1.82) is 0 Å². The van der Waals surface area contributed by atoms with Gasteiger partial charge in [0.05, 0.1) is 0 Å². The van der Waals surface area contributed by atoms with E-state index in [0.717, 1.165) is 78.3 Å². The summed E-state index contributed by atoms with van der Waals surface area (Å²) in [7, 11) is -9.37. The number of ether oxygens (including phenoxy) is 2. The van der Waals surface area contributed by atoms with Crippen molar-refractivity contribution in [3.8, 4) is 34.8 Å². The lowest BCUT2D eigenvalue weighted by atomic mass is 10.1. The summed E-state index contributed by atoms with van der Waals surface area (Å²) in [6, 6.07) is 18.1. The molecule has 2 saturated carbocycles. The zero-order chi connectivity index (χ0) is 35.2. The van der Waals surface area contributed by atoms with E-state index in [0.29, 0.717) is 23.3 Å². The van der Waals surface area contributed by atoms with Crippen LogP contribution in [0, 0.1) is 13.8 Å². The van der Waals surface area contributed by atoms with Gasteiger partial charge in [-0.25, -0.2) is 0 Å². The van der Waals surface area contributed by atoms with E-state index in [-0.39, 0.29) is 33.6 Å². The molecule has 0 aliphatic heterocycles. The van der Waals surface area contributed by atoms with Gasteiger partial charge in [-0.3, -0.25) is 0 Å². The Bertz CT molecular complexity index is 2190. The van der Waals surface area contributed by atoms with E-state index in [9.17, 15) is 16.8 Å². The predicted molar refractivity (Wildman–Crippen MR) is 183 cm³/mol. The molecule has 2 aliphatic rings. The van der Waals surface area contributed by atoms with Crippen LogP contribution in [0.4, 0.5) is 0 Å². The first-order valence-corrected chi connectivity index (χ1v) is 19.1. The smallest absolute Gasteiger partial charge is 0.339 e. The predicted octanol–water partition coefficient (Wildman–Crippen LogP) is 8.07. The Hall–Kier alpha value is -4.50. The fraction of sp³-hybridized carbons (Fsp3) is 0.235.